The molecule has 1 heterocycles. The van der Waals surface area contributed by atoms with E-state index in [4.69, 9.17) is 5.73 Å². The van der Waals surface area contributed by atoms with Crippen LogP contribution in [0.1, 0.15) is 45.6 Å². The molecular weight excluding hydrogens is 428 g/mol. The molecule has 1 fully saturated rings. The van der Waals surface area contributed by atoms with E-state index in [0.29, 0.717) is 25.8 Å². The highest BCUT2D eigenvalue weighted by molar-refractivity contribution is 5.94. The van der Waals surface area contributed by atoms with Gasteiger partial charge in [0.2, 0.25) is 17.7 Å². The number of likely N-dealkylation sites (tertiary alicyclic amines) is 1. The number of nitrogens with one attached hydrogen (secondary N) is 2. The minimum atomic E-state index is -1.06. The molecule has 0 bridgehead atoms. The lowest BCUT2D eigenvalue weighted by atomic mass is 10.0. The second-order valence-corrected chi connectivity index (χ2v) is 8.93. The summed E-state index contributed by atoms with van der Waals surface area (Å²) in [5.74, 6) is -2.37. The van der Waals surface area contributed by atoms with E-state index in [1.54, 1.807) is 12.1 Å². The van der Waals surface area contributed by atoms with Crippen molar-refractivity contribution in [2.75, 3.05) is 6.54 Å². The Labute approximate surface area is 193 Å². The third-order valence-electron chi connectivity index (χ3n) is 5.62. The monoisotopic (exact) mass is 462 g/mol. The van der Waals surface area contributed by atoms with Crippen LogP contribution in [0, 0.1) is 5.92 Å². The van der Waals surface area contributed by atoms with Crippen LogP contribution in [-0.2, 0) is 25.6 Å². The summed E-state index contributed by atoms with van der Waals surface area (Å²) in [6.07, 6.45) is 1.54. The van der Waals surface area contributed by atoms with Gasteiger partial charge >= 0.3 is 5.97 Å². The summed E-state index contributed by atoms with van der Waals surface area (Å²) >= 11 is 0. The smallest absolute Gasteiger partial charge is 0.326 e. The molecule has 3 amide bonds. The summed E-state index contributed by atoms with van der Waals surface area (Å²) in [6, 6.07) is 2.68. The van der Waals surface area contributed by atoms with E-state index >= 15 is 0 Å². The number of benzene rings is 1. The SMILES string of the molecule is CC(C)CC(NC(=O)C(C)NC(=O)C(N)Cc1ccc(O)cc1)C(=O)N1CCCC1C(=O)O. The van der Waals surface area contributed by atoms with Crippen LogP contribution in [-0.4, -0.2) is 69.5 Å². The number of carbonyl (C=O) groups excluding carboxylic acids is 3. The molecule has 1 aliphatic heterocycles. The van der Waals surface area contributed by atoms with E-state index in [9.17, 15) is 29.4 Å². The lowest BCUT2D eigenvalue weighted by molar-refractivity contribution is -0.149. The number of carboxylic acids is 1. The van der Waals surface area contributed by atoms with Crippen molar-refractivity contribution in [2.45, 2.75) is 70.6 Å². The largest absolute Gasteiger partial charge is 0.508 e. The van der Waals surface area contributed by atoms with Gasteiger partial charge < -0.3 is 31.5 Å². The molecule has 2 rings (SSSR count). The molecule has 0 saturated carbocycles. The Morgan fingerprint density at radius 1 is 1.09 bits per heavy atom. The van der Waals surface area contributed by atoms with E-state index in [1.807, 2.05) is 13.8 Å². The molecule has 10 heteroatoms. The van der Waals surface area contributed by atoms with Gasteiger partial charge in [-0.05, 0) is 56.2 Å². The van der Waals surface area contributed by atoms with E-state index in [-0.39, 0.29) is 18.1 Å². The van der Waals surface area contributed by atoms with Crippen molar-refractivity contribution in [3.8, 4) is 5.75 Å². The molecule has 1 aromatic rings. The number of aliphatic carboxylic acids is 1. The van der Waals surface area contributed by atoms with Gasteiger partial charge in [0, 0.05) is 6.54 Å². The highest BCUT2D eigenvalue weighted by atomic mass is 16.4. The summed E-state index contributed by atoms with van der Waals surface area (Å²) in [4.78, 5) is 51.0. The lowest BCUT2D eigenvalue weighted by Gasteiger charge is -2.29. The number of aromatic hydroxyl groups is 1. The molecule has 4 unspecified atom stereocenters. The predicted molar refractivity (Wildman–Crippen MR) is 121 cm³/mol. The number of hydrogen-bond acceptors (Lipinski definition) is 6. The highest BCUT2D eigenvalue weighted by Gasteiger charge is 2.38. The van der Waals surface area contributed by atoms with Crippen LogP contribution in [0.5, 0.6) is 5.75 Å². The Balaban J connectivity index is 1.98. The van der Waals surface area contributed by atoms with Crippen LogP contribution in [0.15, 0.2) is 24.3 Å². The first kappa shape index (κ1) is 26.1. The zero-order valence-electron chi connectivity index (χ0n) is 19.3. The zero-order valence-corrected chi connectivity index (χ0v) is 19.3. The molecule has 0 aliphatic carbocycles. The maximum atomic E-state index is 13.0. The number of phenolic OH excluding ortho intramolecular Hbond substituents is 1. The number of phenols is 1. The third kappa shape index (κ3) is 7.45. The van der Waals surface area contributed by atoms with Gasteiger partial charge in [0.15, 0.2) is 0 Å². The van der Waals surface area contributed by atoms with Gasteiger partial charge in [-0.3, -0.25) is 14.4 Å². The normalized spacial score (nSPS) is 18.5. The number of rotatable bonds is 10. The second kappa shape index (κ2) is 11.6. The Hall–Kier alpha value is -3.14. The Bertz CT molecular complexity index is 857. The van der Waals surface area contributed by atoms with Crippen molar-refractivity contribution in [2.24, 2.45) is 11.7 Å². The fourth-order valence-corrected chi connectivity index (χ4v) is 3.84. The minimum absolute atomic E-state index is 0.0776. The topological polar surface area (TPSA) is 162 Å². The van der Waals surface area contributed by atoms with Crippen molar-refractivity contribution in [3.05, 3.63) is 29.8 Å². The Kier molecular flexibility index (Phi) is 9.22. The number of amides is 3. The number of hydrogen-bond donors (Lipinski definition) is 5. The summed E-state index contributed by atoms with van der Waals surface area (Å²) in [5.41, 5.74) is 6.71. The molecule has 6 N–H and O–H groups in total. The number of carbonyl (C=O) groups is 4. The van der Waals surface area contributed by atoms with Crippen molar-refractivity contribution in [3.63, 3.8) is 0 Å². The van der Waals surface area contributed by atoms with Crippen LogP contribution in [0.25, 0.3) is 0 Å². The molecule has 1 aliphatic rings. The molecular formula is C23H34N4O6. The van der Waals surface area contributed by atoms with E-state index in [2.05, 4.69) is 10.6 Å². The summed E-state index contributed by atoms with van der Waals surface area (Å²) in [7, 11) is 0. The summed E-state index contributed by atoms with van der Waals surface area (Å²) in [6.45, 7) is 5.63. The fourth-order valence-electron chi connectivity index (χ4n) is 3.84. The van der Waals surface area contributed by atoms with Gasteiger partial charge in [-0.2, -0.15) is 0 Å². The van der Waals surface area contributed by atoms with Gasteiger partial charge in [-0.15, -0.1) is 0 Å². The van der Waals surface area contributed by atoms with Gasteiger partial charge in [-0.25, -0.2) is 4.79 Å². The minimum Gasteiger partial charge on any atom is -0.508 e. The molecule has 1 aromatic carbocycles. The summed E-state index contributed by atoms with van der Waals surface area (Å²) < 4.78 is 0. The van der Waals surface area contributed by atoms with Gasteiger partial charge in [-0.1, -0.05) is 26.0 Å². The van der Waals surface area contributed by atoms with Crippen LogP contribution < -0.4 is 16.4 Å². The quantitative estimate of drug-likeness (QED) is 0.335. The molecule has 0 spiro atoms. The third-order valence-corrected chi connectivity index (χ3v) is 5.62. The van der Waals surface area contributed by atoms with Gasteiger partial charge in [0.25, 0.3) is 0 Å². The number of nitrogens with zero attached hydrogens (tertiary/aromatic N) is 1. The molecule has 0 aromatic heterocycles. The van der Waals surface area contributed by atoms with E-state index in [0.717, 1.165) is 5.56 Å². The molecule has 182 valence electrons. The number of carboxylic acid groups (broad SMARTS) is 1. The Morgan fingerprint density at radius 3 is 2.30 bits per heavy atom. The molecule has 10 nitrogen and oxygen atoms in total. The highest BCUT2D eigenvalue weighted by Crippen LogP contribution is 2.20. The van der Waals surface area contributed by atoms with Crippen LogP contribution in [0.2, 0.25) is 0 Å². The predicted octanol–water partition coefficient (Wildman–Crippen LogP) is 0.373. The number of nitrogens with two attached hydrogens (primary N) is 1. The lowest BCUT2D eigenvalue weighted by Crippen LogP contribution is -2.56. The summed E-state index contributed by atoms with van der Waals surface area (Å²) in [5, 5.41) is 24.0. The standard InChI is InChI=1S/C23H34N4O6/c1-13(2)11-18(22(31)27-10-4-5-19(27)23(32)33)26-20(29)14(3)25-21(30)17(24)12-15-6-8-16(28)9-7-15/h6-9,13-14,17-19,28H,4-5,10-12,24H2,1-3H3,(H,25,30)(H,26,29)(H,32,33). The van der Waals surface area contributed by atoms with Crippen molar-refractivity contribution < 1.29 is 29.4 Å². The Morgan fingerprint density at radius 2 is 1.73 bits per heavy atom. The zero-order chi connectivity index (χ0) is 24.7. The molecule has 0 radical (unpaired) electrons. The van der Waals surface area contributed by atoms with E-state index < -0.39 is 47.9 Å². The average molecular weight is 463 g/mol. The van der Waals surface area contributed by atoms with Gasteiger partial charge in [0.05, 0.1) is 6.04 Å². The van der Waals surface area contributed by atoms with Crippen molar-refractivity contribution in [1.82, 2.24) is 15.5 Å². The second-order valence-electron chi connectivity index (χ2n) is 8.93. The first-order valence-corrected chi connectivity index (χ1v) is 11.2. The molecule has 1 saturated heterocycles. The van der Waals surface area contributed by atoms with Crippen molar-refractivity contribution in [1.29, 1.82) is 0 Å². The van der Waals surface area contributed by atoms with Crippen LogP contribution >= 0.6 is 0 Å². The van der Waals surface area contributed by atoms with Gasteiger partial charge in [0.1, 0.15) is 23.9 Å². The average Bonchev–Trinajstić information content (AvgIpc) is 3.24. The maximum absolute atomic E-state index is 13.0. The van der Waals surface area contributed by atoms with Crippen LogP contribution in [0.4, 0.5) is 0 Å². The van der Waals surface area contributed by atoms with Crippen molar-refractivity contribution >= 4 is 23.7 Å². The molecule has 4 atom stereocenters. The maximum Gasteiger partial charge on any atom is 0.326 e. The first-order valence-electron chi connectivity index (χ1n) is 11.2. The van der Waals surface area contributed by atoms with Crippen LogP contribution in [0.3, 0.4) is 0 Å². The van der Waals surface area contributed by atoms with E-state index in [1.165, 1.54) is 24.0 Å². The fraction of sp³-hybridized carbons (Fsp3) is 0.565. The molecule has 33 heavy (non-hydrogen) atoms. The first-order chi connectivity index (χ1) is 15.5.